The second kappa shape index (κ2) is 2.98. The van der Waals surface area contributed by atoms with Crippen LogP contribution in [0.2, 0.25) is 0 Å². The van der Waals surface area contributed by atoms with Gasteiger partial charge in [-0.3, -0.25) is 10.1 Å². The van der Waals surface area contributed by atoms with E-state index in [1.807, 2.05) is 0 Å². The maximum absolute atomic E-state index is 11.1. The number of rotatable bonds is 2. The Morgan fingerprint density at radius 2 is 2.57 bits per heavy atom. The topological polar surface area (TPSA) is 101 Å². The minimum atomic E-state index is -1.20. The maximum Gasteiger partial charge on any atom is 0.422 e. The van der Waals surface area contributed by atoms with Crippen molar-refractivity contribution in [2.45, 2.75) is 6.17 Å². The number of nitrogens with zero attached hydrogens (tertiary/aromatic N) is 3. The minimum Gasteiger partial charge on any atom is -0.439 e. The van der Waals surface area contributed by atoms with Gasteiger partial charge in [0.25, 0.3) is 0 Å². The van der Waals surface area contributed by atoms with Gasteiger partial charge in [0.2, 0.25) is 5.95 Å². The van der Waals surface area contributed by atoms with Crippen LogP contribution in [-0.4, -0.2) is 33.8 Å². The van der Waals surface area contributed by atoms with Crippen LogP contribution in [0, 0.1) is 10.1 Å². The van der Waals surface area contributed by atoms with Crippen LogP contribution in [0.15, 0.2) is 12.4 Å². The van der Waals surface area contributed by atoms with Crippen molar-refractivity contribution in [3.05, 3.63) is 22.5 Å². The lowest BCUT2D eigenvalue weighted by molar-refractivity contribution is -0.518. The normalized spacial score (nSPS) is 21.0. The smallest absolute Gasteiger partial charge is 0.422 e. The van der Waals surface area contributed by atoms with Gasteiger partial charge < -0.3 is 9.72 Å². The molecule has 0 spiro atoms. The number of hydrogen-bond acceptors (Lipinski definition) is 5. The first-order chi connectivity index (χ1) is 6.70. The van der Waals surface area contributed by atoms with Crippen molar-refractivity contribution in [1.29, 1.82) is 0 Å². The van der Waals surface area contributed by atoms with Crippen molar-refractivity contribution >= 4 is 12.0 Å². The van der Waals surface area contributed by atoms with E-state index in [-0.39, 0.29) is 12.6 Å². The van der Waals surface area contributed by atoms with Gasteiger partial charge in [0.05, 0.1) is 0 Å². The quantitative estimate of drug-likeness (QED) is 0.531. The summed E-state index contributed by atoms with van der Waals surface area (Å²) >= 11 is 0. The van der Waals surface area contributed by atoms with Crippen LogP contribution in [-0.2, 0) is 4.74 Å². The lowest BCUT2D eigenvalue weighted by atomic mass is 10.5. The summed E-state index contributed by atoms with van der Waals surface area (Å²) in [6, 6.07) is 0. The molecule has 1 fully saturated rings. The second-order valence-electron chi connectivity index (χ2n) is 2.63. The molecule has 0 aliphatic carbocycles. The number of nitrogens with one attached hydrogen (secondary N) is 1. The van der Waals surface area contributed by atoms with Gasteiger partial charge in [0, 0.05) is 17.3 Å². The highest BCUT2D eigenvalue weighted by atomic mass is 16.6. The van der Waals surface area contributed by atoms with Crippen molar-refractivity contribution in [3.8, 4) is 0 Å². The fraction of sp³-hybridized carbons (Fsp3) is 0.333. The maximum atomic E-state index is 11.1. The third-order valence-electron chi connectivity index (χ3n) is 1.81. The second-order valence-corrected chi connectivity index (χ2v) is 2.63. The molecule has 1 aliphatic rings. The van der Waals surface area contributed by atoms with Crippen LogP contribution in [0.25, 0.3) is 0 Å². The van der Waals surface area contributed by atoms with E-state index in [9.17, 15) is 14.9 Å². The Bertz CT molecular complexity index is 362. The van der Waals surface area contributed by atoms with Gasteiger partial charge in [-0.1, -0.05) is 0 Å². The van der Waals surface area contributed by atoms with Gasteiger partial charge in [-0.2, -0.15) is 4.90 Å². The van der Waals surface area contributed by atoms with Gasteiger partial charge in [-0.05, 0) is 0 Å². The van der Waals surface area contributed by atoms with Crippen LogP contribution in [0.1, 0.15) is 0 Å². The summed E-state index contributed by atoms with van der Waals surface area (Å²) in [4.78, 5) is 28.3. The molecule has 2 rings (SSSR count). The molecule has 8 heteroatoms. The molecule has 1 aromatic rings. The fourth-order valence-corrected chi connectivity index (χ4v) is 1.18. The predicted molar refractivity (Wildman–Crippen MR) is 43.2 cm³/mol. The molecule has 1 aliphatic heterocycles. The number of amides is 1. The van der Waals surface area contributed by atoms with Crippen molar-refractivity contribution in [3.63, 3.8) is 0 Å². The molecule has 1 aromatic heterocycles. The van der Waals surface area contributed by atoms with E-state index in [0.717, 1.165) is 4.90 Å². The first-order valence-corrected chi connectivity index (χ1v) is 3.79. The summed E-state index contributed by atoms with van der Waals surface area (Å²) in [5, 5.41) is 10.5. The first-order valence-electron chi connectivity index (χ1n) is 3.79. The molecule has 0 bridgehead atoms. The first kappa shape index (κ1) is 8.48. The van der Waals surface area contributed by atoms with Crippen molar-refractivity contribution in [2.24, 2.45) is 0 Å². The summed E-state index contributed by atoms with van der Waals surface area (Å²) in [7, 11) is 0. The monoisotopic (exact) mass is 198 g/mol. The number of aromatic nitrogens is 2. The number of aromatic amines is 1. The Hall–Kier alpha value is -2.12. The van der Waals surface area contributed by atoms with Gasteiger partial charge in [-0.25, -0.2) is 9.78 Å². The van der Waals surface area contributed by atoms with E-state index in [4.69, 9.17) is 0 Å². The third kappa shape index (κ3) is 1.16. The van der Waals surface area contributed by atoms with Crippen molar-refractivity contribution in [2.75, 3.05) is 11.5 Å². The Morgan fingerprint density at radius 1 is 1.79 bits per heavy atom. The molecular formula is C6H6N4O4. The summed E-state index contributed by atoms with van der Waals surface area (Å²) < 4.78 is 4.55. The highest BCUT2D eigenvalue weighted by molar-refractivity contribution is 5.87. The number of ether oxygens (including phenoxy) is 1. The summed E-state index contributed by atoms with van der Waals surface area (Å²) in [6.45, 7) is -0.257. The SMILES string of the molecule is O=C1OCC([N+](=O)[O-])N1c1ncc[nH]1. The van der Waals surface area contributed by atoms with Gasteiger partial charge in [0.1, 0.15) is 0 Å². The molecule has 14 heavy (non-hydrogen) atoms. The molecule has 2 heterocycles. The largest absolute Gasteiger partial charge is 0.439 e. The Labute approximate surface area is 77.6 Å². The van der Waals surface area contributed by atoms with Crippen molar-refractivity contribution in [1.82, 2.24) is 9.97 Å². The molecule has 1 saturated heterocycles. The molecule has 0 radical (unpaired) electrons. The third-order valence-corrected chi connectivity index (χ3v) is 1.81. The molecular weight excluding hydrogens is 192 g/mol. The van der Waals surface area contributed by atoms with Gasteiger partial charge in [-0.15, -0.1) is 0 Å². The number of anilines is 1. The number of nitro groups is 1. The zero-order valence-corrected chi connectivity index (χ0v) is 6.91. The number of hydrogen-bond donors (Lipinski definition) is 1. The number of carbonyl (C=O) groups is 1. The number of imidazole rings is 1. The van der Waals surface area contributed by atoms with Crippen molar-refractivity contribution < 1.29 is 14.5 Å². The van der Waals surface area contributed by atoms with E-state index in [0.29, 0.717) is 0 Å². The van der Waals surface area contributed by atoms with Crippen LogP contribution < -0.4 is 4.90 Å². The molecule has 1 atom stereocenters. The van der Waals surface area contributed by atoms with Crippen LogP contribution in [0.5, 0.6) is 0 Å². The van der Waals surface area contributed by atoms with Crippen LogP contribution in [0.4, 0.5) is 10.7 Å². The molecule has 0 saturated carbocycles. The highest BCUT2D eigenvalue weighted by Crippen LogP contribution is 2.18. The van der Waals surface area contributed by atoms with Crippen LogP contribution >= 0.6 is 0 Å². The predicted octanol–water partition coefficient (Wildman–Crippen LogP) is -0.0309. The fourth-order valence-electron chi connectivity index (χ4n) is 1.18. The zero-order chi connectivity index (χ0) is 10.1. The number of H-pyrrole nitrogens is 1. The van der Waals surface area contributed by atoms with E-state index < -0.39 is 17.2 Å². The highest BCUT2D eigenvalue weighted by Gasteiger charge is 2.44. The minimum absolute atomic E-state index is 0.120. The molecule has 1 unspecified atom stereocenters. The lowest BCUT2D eigenvalue weighted by Crippen LogP contribution is -2.39. The van der Waals surface area contributed by atoms with Gasteiger partial charge in [0.15, 0.2) is 6.61 Å². The number of carbonyl (C=O) groups excluding carboxylic acids is 1. The Balaban J connectivity index is 2.31. The molecule has 1 N–H and O–H groups in total. The van der Waals surface area contributed by atoms with E-state index >= 15 is 0 Å². The average Bonchev–Trinajstić information content (AvgIpc) is 2.71. The molecule has 74 valence electrons. The number of cyclic esters (lactones) is 1. The van der Waals surface area contributed by atoms with Crippen LogP contribution in [0.3, 0.4) is 0 Å². The Kier molecular flexibility index (Phi) is 1.80. The zero-order valence-electron chi connectivity index (χ0n) is 6.91. The van der Waals surface area contributed by atoms with E-state index in [1.165, 1.54) is 12.4 Å². The van der Waals surface area contributed by atoms with Gasteiger partial charge >= 0.3 is 12.3 Å². The summed E-state index contributed by atoms with van der Waals surface area (Å²) in [5.41, 5.74) is 0. The molecule has 8 nitrogen and oxygen atoms in total. The average molecular weight is 198 g/mol. The summed E-state index contributed by atoms with van der Waals surface area (Å²) in [6.07, 6.45) is 0.908. The lowest BCUT2D eigenvalue weighted by Gasteiger charge is -2.10. The molecule has 1 amide bonds. The van der Waals surface area contributed by atoms with E-state index in [2.05, 4.69) is 14.7 Å². The van der Waals surface area contributed by atoms with E-state index in [1.54, 1.807) is 0 Å². The Morgan fingerprint density at radius 3 is 3.14 bits per heavy atom. The standard InChI is InChI=1S/C6H6N4O4/c11-6-9(5-7-1-2-8-5)4(3-14-6)10(12)13/h1-2,4H,3H2,(H,7,8). The molecule has 0 aromatic carbocycles. The summed E-state index contributed by atoms with van der Waals surface area (Å²) in [5.74, 6) is 0.120.